The van der Waals surface area contributed by atoms with E-state index in [1.54, 1.807) is 18.2 Å². The predicted octanol–water partition coefficient (Wildman–Crippen LogP) is 5.15. The Morgan fingerprint density at radius 1 is 1.22 bits per heavy atom. The summed E-state index contributed by atoms with van der Waals surface area (Å²) in [7, 11) is 0. The molecule has 0 aliphatic rings. The van der Waals surface area contributed by atoms with Crippen LogP contribution in [0, 0.1) is 0 Å². The molecule has 0 unspecified atom stereocenters. The summed E-state index contributed by atoms with van der Waals surface area (Å²) in [4.78, 5) is 7.66. The molecule has 0 fully saturated rings. The summed E-state index contributed by atoms with van der Waals surface area (Å²) in [5.74, 6) is 0. The highest BCUT2D eigenvalue weighted by atomic mass is 79.9. The Morgan fingerprint density at radius 2 is 1.94 bits per heavy atom. The summed E-state index contributed by atoms with van der Waals surface area (Å²) < 4.78 is 25.4. The first-order chi connectivity index (χ1) is 8.50. The smallest absolute Gasteiger partial charge is 0.245 e. The summed E-state index contributed by atoms with van der Waals surface area (Å²) in [6.45, 7) is 0. The summed E-state index contributed by atoms with van der Waals surface area (Å²) in [6, 6.07) is 4.91. The molecule has 2 rings (SSSR count). The van der Waals surface area contributed by atoms with Crippen molar-refractivity contribution in [3.05, 3.63) is 44.7 Å². The molecule has 0 spiro atoms. The lowest BCUT2D eigenvalue weighted by atomic mass is 10.1. The zero-order valence-corrected chi connectivity index (χ0v) is 11.8. The van der Waals surface area contributed by atoms with Crippen LogP contribution in [0.1, 0.15) is 12.1 Å². The average Bonchev–Trinajstić information content (AvgIpc) is 2.33. The van der Waals surface area contributed by atoms with Crippen molar-refractivity contribution in [1.29, 1.82) is 0 Å². The molecule has 18 heavy (non-hydrogen) atoms. The Bertz CT molecular complexity index is 593. The number of rotatable bonds is 2. The minimum Gasteiger partial charge on any atom is -0.245 e. The van der Waals surface area contributed by atoms with Gasteiger partial charge in [-0.3, -0.25) is 0 Å². The molecule has 0 N–H and O–H groups in total. The van der Waals surface area contributed by atoms with Crippen molar-refractivity contribution in [3.8, 4) is 11.3 Å². The molecule has 0 aliphatic carbocycles. The van der Waals surface area contributed by atoms with Crippen LogP contribution in [0.4, 0.5) is 8.78 Å². The maximum atomic E-state index is 12.7. The molecule has 1 heterocycles. The molecule has 0 saturated carbocycles. The van der Waals surface area contributed by atoms with Gasteiger partial charge in [0.25, 0.3) is 6.43 Å². The number of halogens is 5. The van der Waals surface area contributed by atoms with Crippen molar-refractivity contribution in [3.63, 3.8) is 0 Å². The number of benzene rings is 1. The fourth-order valence-electron chi connectivity index (χ4n) is 1.36. The van der Waals surface area contributed by atoms with Crippen LogP contribution in [0.3, 0.4) is 0 Å². The van der Waals surface area contributed by atoms with Crippen LogP contribution in [0.5, 0.6) is 0 Å². The molecule has 0 amide bonds. The molecule has 1 aromatic carbocycles. The van der Waals surface area contributed by atoms with Crippen LogP contribution in [-0.4, -0.2) is 9.97 Å². The normalized spacial score (nSPS) is 11.0. The van der Waals surface area contributed by atoms with Crippen molar-refractivity contribution in [2.24, 2.45) is 0 Å². The fourth-order valence-corrected chi connectivity index (χ4v) is 2.12. The first-order valence-corrected chi connectivity index (χ1v) is 6.30. The Kier molecular flexibility index (Phi) is 4.14. The largest absolute Gasteiger partial charge is 0.283 e. The van der Waals surface area contributed by atoms with Gasteiger partial charge < -0.3 is 0 Å². The summed E-state index contributed by atoms with van der Waals surface area (Å²) in [6.07, 6.45) is -1.36. The fraction of sp³-hybridized carbons (Fsp3) is 0.0909. The zero-order chi connectivity index (χ0) is 13.3. The number of aromatic nitrogens is 2. The first-order valence-electron chi connectivity index (χ1n) is 4.75. The van der Waals surface area contributed by atoms with Crippen LogP contribution in [0.2, 0.25) is 10.0 Å². The van der Waals surface area contributed by atoms with Crippen molar-refractivity contribution >= 4 is 39.1 Å². The van der Waals surface area contributed by atoms with Gasteiger partial charge in [-0.1, -0.05) is 35.3 Å². The predicted molar refractivity (Wildman–Crippen MR) is 70.1 cm³/mol. The van der Waals surface area contributed by atoms with E-state index in [9.17, 15) is 8.78 Å². The molecular weight excluding hydrogens is 349 g/mol. The van der Waals surface area contributed by atoms with E-state index in [2.05, 4.69) is 25.9 Å². The van der Waals surface area contributed by atoms with Gasteiger partial charge in [-0.2, -0.15) is 0 Å². The van der Waals surface area contributed by atoms with Crippen molar-refractivity contribution in [1.82, 2.24) is 9.97 Å². The Morgan fingerprint density at radius 3 is 2.61 bits per heavy atom. The van der Waals surface area contributed by atoms with Gasteiger partial charge in [0.15, 0.2) is 0 Å². The molecule has 0 bridgehead atoms. The van der Waals surface area contributed by atoms with Gasteiger partial charge in [0.2, 0.25) is 0 Å². The highest BCUT2D eigenvalue weighted by Gasteiger charge is 2.17. The van der Waals surface area contributed by atoms with E-state index in [0.717, 1.165) is 0 Å². The van der Waals surface area contributed by atoms with Gasteiger partial charge >= 0.3 is 0 Å². The van der Waals surface area contributed by atoms with E-state index >= 15 is 0 Å². The second-order valence-corrected chi connectivity index (χ2v) is 4.87. The zero-order valence-electron chi connectivity index (χ0n) is 8.67. The monoisotopic (exact) mass is 352 g/mol. The number of hydrogen-bond donors (Lipinski definition) is 0. The molecule has 2 nitrogen and oxygen atoms in total. The Balaban J connectivity index is 2.58. The Labute approximate surface area is 120 Å². The third-order valence-electron chi connectivity index (χ3n) is 2.19. The maximum absolute atomic E-state index is 12.7. The van der Waals surface area contributed by atoms with E-state index in [1.165, 1.54) is 6.20 Å². The summed E-state index contributed by atoms with van der Waals surface area (Å²) in [5.41, 5.74) is 0.288. The van der Waals surface area contributed by atoms with Crippen molar-refractivity contribution < 1.29 is 8.78 Å². The number of hydrogen-bond acceptors (Lipinski definition) is 2. The van der Waals surface area contributed by atoms with Gasteiger partial charge in [0.1, 0.15) is 10.3 Å². The van der Waals surface area contributed by atoms with Crippen LogP contribution in [0.15, 0.2) is 29.0 Å². The van der Waals surface area contributed by atoms with E-state index in [4.69, 9.17) is 23.2 Å². The lowest BCUT2D eigenvalue weighted by Gasteiger charge is -2.07. The van der Waals surface area contributed by atoms with Gasteiger partial charge in [-0.15, -0.1) is 0 Å². The highest BCUT2D eigenvalue weighted by molar-refractivity contribution is 9.10. The van der Waals surface area contributed by atoms with Gasteiger partial charge in [0.05, 0.1) is 21.9 Å². The number of nitrogens with zero attached hydrogens (tertiary/aromatic N) is 2. The van der Waals surface area contributed by atoms with Crippen LogP contribution in [0.25, 0.3) is 11.3 Å². The molecule has 1 aromatic heterocycles. The van der Waals surface area contributed by atoms with Crippen molar-refractivity contribution in [2.75, 3.05) is 0 Å². The van der Waals surface area contributed by atoms with Crippen molar-refractivity contribution in [2.45, 2.75) is 6.43 Å². The standard InChI is InChI=1S/C11H5BrCl2F2N2/c12-10-9(11(15)16)18-7(4-17-10)5-2-1-3-6(13)8(5)14/h1-4,11H. The molecule has 0 aliphatic heterocycles. The van der Waals surface area contributed by atoms with Gasteiger partial charge in [0, 0.05) is 5.56 Å². The quantitative estimate of drug-likeness (QED) is 0.746. The Hall–Kier alpha value is -0.780. The third kappa shape index (κ3) is 2.63. The second kappa shape index (κ2) is 5.47. The van der Waals surface area contributed by atoms with E-state index in [-0.39, 0.29) is 15.3 Å². The second-order valence-electron chi connectivity index (χ2n) is 3.33. The average molecular weight is 354 g/mol. The lowest BCUT2D eigenvalue weighted by molar-refractivity contribution is 0.144. The van der Waals surface area contributed by atoms with Crippen LogP contribution >= 0.6 is 39.1 Å². The van der Waals surface area contributed by atoms with E-state index in [1.807, 2.05) is 0 Å². The topological polar surface area (TPSA) is 25.8 Å². The summed E-state index contributed by atoms with van der Waals surface area (Å²) >= 11 is 14.8. The summed E-state index contributed by atoms with van der Waals surface area (Å²) in [5, 5.41) is 0.591. The van der Waals surface area contributed by atoms with Crippen LogP contribution in [-0.2, 0) is 0 Å². The minimum absolute atomic E-state index is 0.0133. The minimum atomic E-state index is -2.72. The molecule has 0 radical (unpaired) electrons. The SMILES string of the molecule is FC(F)c1nc(-c2cccc(Cl)c2Cl)cnc1Br. The maximum Gasteiger partial charge on any atom is 0.283 e. The van der Waals surface area contributed by atoms with E-state index in [0.29, 0.717) is 10.6 Å². The van der Waals surface area contributed by atoms with Gasteiger partial charge in [-0.05, 0) is 22.0 Å². The molecule has 94 valence electrons. The van der Waals surface area contributed by atoms with Gasteiger partial charge in [-0.25, -0.2) is 18.7 Å². The highest BCUT2D eigenvalue weighted by Crippen LogP contribution is 2.34. The number of alkyl halides is 2. The first kappa shape index (κ1) is 13.6. The molecule has 7 heteroatoms. The lowest BCUT2D eigenvalue weighted by Crippen LogP contribution is -1.97. The molecular formula is C11H5BrCl2F2N2. The molecule has 2 aromatic rings. The van der Waals surface area contributed by atoms with E-state index < -0.39 is 12.1 Å². The molecule has 0 atom stereocenters. The van der Waals surface area contributed by atoms with Crippen LogP contribution < -0.4 is 0 Å². The molecule has 0 saturated heterocycles. The third-order valence-corrected chi connectivity index (χ3v) is 3.62.